The Labute approximate surface area is 114 Å². The summed E-state index contributed by atoms with van der Waals surface area (Å²) in [5, 5.41) is 7.00. The van der Waals surface area contributed by atoms with Gasteiger partial charge in [-0.15, -0.1) is 0 Å². The molecule has 0 bridgehead atoms. The number of aryl methyl sites for hydroxylation is 1. The molecule has 0 unspecified atom stereocenters. The van der Waals surface area contributed by atoms with Gasteiger partial charge in [0.25, 0.3) is 10.1 Å². The van der Waals surface area contributed by atoms with E-state index in [1.54, 1.807) is 12.1 Å². The van der Waals surface area contributed by atoms with Gasteiger partial charge in [-0.05, 0) is 19.1 Å². The van der Waals surface area contributed by atoms with Gasteiger partial charge in [-0.2, -0.15) is 8.42 Å². The Hall–Kier alpha value is 0.350. The quantitative estimate of drug-likeness (QED) is 0.537. The van der Waals surface area contributed by atoms with Crippen molar-refractivity contribution in [3.8, 4) is 0 Å². The molecule has 1 rings (SSSR count). The van der Waals surface area contributed by atoms with Crippen LogP contribution in [-0.4, -0.2) is 62.9 Å². The maximum atomic E-state index is 10.5. The van der Waals surface area contributed by atoms with Crippen LogP contribution in [0, 0.1) is 6.92 Å². The van der Waals surface area contributed by atoms with Crippen molar-refractivity contribution in [2.24, 2.45) is 0 Å². The molecule has 0 aliphatic rings. The summed E-state index contributed by atoms with van der Waals surface area (Å²) >= 11 is 0. The number of hydrogen-bond donors (Lipinski definition) is 2. The van der Waals surface area contributed by atoms with Crippen LogP contribution in [0.15, 0.2) is 29.2 Å². The predicted molar refractivity (Wildman–Crippen MR) is 57.7 cm³/mol. The molecule has 0 atom stereocenters. The molecule has 78 valence electrons. The van der Waals surface area contributed by atoms with E-state index in [1.165, 1.54) is 12.1 Å². The van der Waals surface area contributed by atoms with Crippen molar-refractivity contribution in [2.45, 2.75) is 11.8 Å². The Morgan fingerprint density at radius 1 is 1.07 bits per heavy atom. The standard InChI is InChI=1S/C7H8O3S.CH4O.Ca.2H/c1-6-2-4-7(5-3-6)11(8,9)10;1-2;;;/h2-5H,1H3,(H,8,9,10);2H,1H3;;;. The molecule has 0 saturated heterocycles. The molecule has 0 amide bonds. The second kappa shape index (κ2) is 7.62. The third kappa shape index (κ3) is 5.95. The SMILES string of the molecule is CO.Cc1ccc(S(=O)(=O)O)cc1.[CaH2]. The van der Waals surface area contributed by atoms with E-state index in [-0.39, 0.29) is 42.6 Å². The zero-order valence-corrected chi connectivity index (χ0v) is 8.25. The number of rotatable bonds is 1. The molecule has 2 N–H and O–H groups in total. The summed E-state index contributed by atoms with van der Waals surface area (Å²) in [4.78, 5) is -0.0666. The molecule has 0 heterocycles. The molecule has 0 aromatic heterocycles. The Bertz CT molecular complexity index is 344. The van der Waals surface area contributed by atoms with Gasteiger partial charge in [-0.1, -0.05) is 17.7 Å². The average molecular weight is 246 g/mol. The summed E-state index contributed by atoms with van der Waals surface area (Å²) < 4.78 is 29.6. The van der Waals surface area contributed by atoms with E-state index >= 15 is 0 Å². The molecule has 14 heavy (non-hydrogen) atoms. The minimum absolute atomic E-state index is 0. The van der Waals surface area contributed by atoms with Crippen LogP contribution in [0.4, 0.5) is 0 Å². The molecule has 6 heteroatoms. The topological polar surface area (TPSA) is 74.6 Å². The van der Waals surface area contributed by atoms with Gasteiger partial charge in [0, 0.05) is 7.11 Å². The second-order valence-electron chi connectivity index (χ2n) is 2.29. The van der Waals surface area contributed by atoms with E-state index in [0.29, 0.717) is 0 Å². The van der Waals surface area contributed by atoms with Crippen molar-refractivity contribution in [1.82, 2.24) is 0 Å². The first-order chi connectivity index (χ1) is 6.00. The third-order valence-electron chi connectivity index (χ3n) is 1.32. The number of benzene rings is 1. The zero-order chi connectivity index (χ0) is 10.5. The Kier molecular flexibility index (Phi) is 9.12. The van der Waals surface area contributed by atoms with E-state index in [4.69, 9.17) is 9.66 Å². The minimum atomic E-state index is -4.02. The summed E-state index contributed by atoms with van der Waals surface area (Å²) in [5.41, 5.74) is 0.956. The van der Waals surface area contributed by atoms with Crippen LogP contribution in [0.5, 0.6) is 0 Å². The molecule has 1 aromatic carbocycles. The fraction of sp³-hybridized carbons (Fsp3) is 0.250. The molecular formula is C8H14CaO4S. The molecule has 0 fully saturated rings. The van der Waals surface area contributed by atoms with Crippen LogP contribution < -0.4 is 0 Å². The van der Waals surface area contributed by atoms with Gasteiger partial charge >= 0.3 is 37.7 Å². The first kappa shape index (κ1) is 16.8. The Morgan fingerprint density at radius 3 is 1.71 bits per heavy atom. The normalized spacial score (nSPS) is 9.43. The van der Waals surface area contributed by atoms with E-state index in [0.717, 1.165) is 12.7 Å². The van der Waals surface area contributed by atoms with Gasteiger partial charge in [-0.3, -0.25) is 4.55 Å². The number of aliphatic hydroxyl groups is 1. The summed E-state index contributed by atoms with van der Waals surface area (Å²) in [6.45, 7) is 1.84. The fourth-order valence-electron chi connectivity index (χ4n) is 0.710. The van der Waals surface area contributed by atoms with Crippen molar-refractivity contribution < 1.29 is 18.1 Å². The van der Waals surface area contributed by atoms with Gasteiger partial charge in [0.05, 0.1) is 4.90 Å². The van der Waals surface area contributed by atoms with Crippen LogP contribution in [0.2, 0.25) is 0 Å². The zero-order valence-electron chi connectivity index (χ0n) is 7.43. The van der Waals surface area contributed by atoms with Crippen molar-refractivity contribution in [1.29, 1.82) is 0 Å². The van der Waals surface area contributed by atoms with Crippen LogP contribution in [-0.2, 0) is 10.1 Å². The van der Waals surface area contributed by atoms with Gasteiger partial charge in [0.2, 0.25) is 0 Å². The fourth-order valence-corrected chi connectivity index (χ4v) is 1.19. The van der Waals surface area contributed by atoms with E-state index in [9.17, 15) is 8.42 Å². The maximum absolute atomic E-state index is 10.5. The second-order valence-corrected chi connectivity index (χ2v) is 3.71. The van der Waals surface area contributed by atoms with E-state index < -0.39 is 10.1 Å². The number of hydrogen-bond acceptors (Lipinski definition) is 3. The monoisotopic (exact) mass is 246 g/mol. The van der Waals surface area contributed by atoms with Gasteiger partial charge in [0.15, 0.2) is 0 Å². The van der Waals surface area contributed by atoms with Crippen molar-refractivity contribution in [3.63, 3.8) is 0 Å². The van der Waals surface area contributed by atoms with Crippen molar-refractivity contribution in [2.75, 3.05) is 7.11 Å². The van der Waals surface area contributed by atoms with E-state index in [1.807, 2.05) is 6.92 Å². The molecule has 1 aromatic rings. The molecule has 0 aliphatic heterocycles. The van der Waals surface area contributed by atoms with Gasteiger partial charge in [0.1, 0.15) is 0 Å². The Balaban J connectivity index is 0. The molecule has 0 aliphatic carbocycles. The van der Waals surface area contributed by atoms with Crippen molar-refractivity contribution >= 4 is 47.9 Å². The summed E-state index contributed by atoms with van der Waals surface area (Å²) in [6.07, 6.45) is 0. The molecule has 4 nitrogen and oxygen atoms in total. The number of aliphatic hydroxyl groups excluding tert-OH is 1. The first-order valence-corrected chi connectivity index (χ1v) is 4.93. The van der Waals surface area contributed by atoms with Crippen LogP contribution in [0.25, 0.3) is 0 Å². The third-order valence-corrected chi connectivity index (χ3v) is 2.19. The van der Waals surface area contributed by atoms with Gasteiger partial charge < -0.3 is 5.11 Å². The average Bonchev–Trinajstić information content (AvgIpc) is 2.07. The summed E-state index contributed by atoms with van der Waals surface area (Å²) in [7, 11) is -3.02. The molecular weight excluding hydrogens is 232 g/mol. The summed E-state index contributed by atoms with van der Waals surface area (Å²) in [5.74, 6) is 0. The van der Waals surface area contributed by atoms with Crippen LogP contribution in [0.3, 0.4) is 0 Å². The molecule has 0 radical (unpaired) electrons. The van der Waals surface area contributed by atoms with Gasteiger partial charge in [-0.25, -0.2) is 0 Å². The summed E-state index contributed by atoms with van der Waals surface area (Å²) in [6, 6.07) is 5.99. The molecule has 0 saturated carbocycles. The molecule has 0 spiro atoms. The van der Waals surface area contributed by atoms with Crippen LogP contribution in [0.1, 0.15) is 5.56 Å². The first-order valence-electron chi connectivity index (χ1n) is 3.49. The predicted octanol–water partition coefficient (Wildman–Crippen LogP) is -0.0660. The Morgan fingerprint density at radius 2 is 1.43 bits per heavy atom. The van der Waals surface area contributed by atoms with Crippen molar-refractivity contribution in [3.05, 3.63) is 29.8 Å². The van der Waals surface area contributed by atoms with E-state index in [2.05, 4.69) is 0 Å². The van der Waals surface area contributed by atoms with Crippen LogP contribution >= 0.6 is 0 Å².